The van der Waals surface area contributed by atoms with Gasteiger partial charge in [0, 0.05) is 26.6 Å². The molecule has 4 fully saturated rings. The van der Waals surface area contributed by atoms with Crippen molar-refractivity contribution in [2.24, 2.45) is 58.0 Å². The smallest absolute Gasteiger partial charge is 0.00971 e. The van der Waals surface area contributed by atoms with Gasteiger partial charge in [0.2, 0.25) is 0 Å². The fourth-order valence-electron chi connectivity index (χ4n) is 9.14. The third-order valence-corrected chi connectivity index (χ3v) is 10.8. The van der Waals surface area contributed by atoms with Crippen LogP contribution in [-0.2, 0) is 21.1 Å². The molecule has 0 heterocycles. The van der Waals surface area contributed by atoms with Crippen LogP contribution in [0.4, 0.5) is 0 Å². The zero-order valence-electron chi connectivity index (χ0n) is 20.5. The molecule has 0 amide bonds. The van der Waals surface area contributed by atoms with E-state index in [1.807, 2.05) is 0 Å². The van der Waals surface area contributed by atoms with E-state index in [4.69, 9.17) is 5.73 Å². The molecule has 0 radical (unpaired) electrons. The summed E-state index contributed by atoms with van der Waals surface area (Å²) in [6, 6.07) is 0. The Labute approximate surface area is 202 Å². The van der Waals surface area contributed by atoms with Crippen molar-refractivity contribution in [2.45, 2.75) is 104 Å². The van der Waals surface area contributed by atoms with Gasteiger partial charge in [0.15, 0.2) is 0 Å². The first-order valence-corrected chi connectivity index (χ1v) is 12.8. The molecule has 4 saturated carbocycles. The Bertz CT molecular complexity index is 608. The van der Waals surface area contributed by atoms with Crippen LogP contribution in [0.25, 0.3) is 0 Å². The van der Waals surface area contributed by atoms with Crippen molar-refractivity contribution in [1.29, 1.82) is 0 Å². The molecule has 2 heteroatoms. The second-order valence-corrected chi connectivity index (χ2v) is 12.9. The standard InChI is InChI=1S/C28H48N.Mo/c1-7-20-18-21-10-8-9-15-27(21,5)24-14-17-28(6)22(11-12-23(28)25(20)24)19(2)13-16-26(3,4)29;/h7-8,19-25H,1,9-18,29H2,2-6H3;/q-1;/t19?,20-,21+,22-,23?,24?,25?,27+,28-;/m1./s1. The van der Waals surface area contributed by atoms with Gasteiger partial charge < -0.3 is 12.2 Å². The van der Waals surface area contributed by atoms with E-state index in [1.54, 1.807) is 0 Å². The Morgan fingerprint density at radius 2 is 1.83 bits per heavy atom. The van der Waals surface area contributed by atoms with E-state index < -0.39 is 0 Å². The van der Waals surface area contributed by atoms with Crippen LogP contribution >= 0.6 is 0 Å². The van der Waals surface area contributed by atoms with E-state index in [9.17, 15) is 0 Å². The van der Waals surface area contributed by atoms with Crippen LogP contribution in [0.5, 0.6) is 0 Å². The third-order valence-electron chi connectivity index (χ3n) is 10.8. The Kier molecular flexibility index (Phi) is 7.48. The Morgan fingerprint density at radius 1 is 1.13 bits per heavy atom. The molecule has 0 aromatic rings. The summed E-state index contributed by atoms with van der Waals surface area (Å²) in [5.41, 5.74) is 7.45. The van der Waals surface area contributed by atoms with Crippen molar-refractivity contribution in [1.82, 2.24) is 0 Å². The maximum atomic E-state index is 6.33. The quantitative estimate of drug-likeness (QED) is 0.240. The van der Waals surface area contributed by atoms with Crippen LogP contribution in [0, 0.1) is 58.7 Å². The van der Waals surface area contributed by atoms with E-state index in [0.717, 1.165) is 47.8 Å². The molecule has 4 unspecified atom stereocenters. The largest absolute Gasteiger partial charge is 0.328 e. The Morgan fingerprint density at radius 3 is 2.50 bits per heavy atom. The predicted molar refractivity (Wildman–Crippen MR) is 125 cm³/mol. The van der Waals surface area contributed by atoms with Crippen LogP contribution in [0.15, 0.2) is 12.7 Å². The van der Waals surface area contributed by atoms with E-state index in [1.165, 1.54) is 57.8 Å². The molecular formula is C28H48MoN-. The summed E-state index contributed by atoms with van der Waals surface area (Å²) in [6.45, 7) is 16.7. The summed E-state index contributed by atoms with van der Waals surface area (Å²) in [4.78, 5) is 0. The molecule has 4 rings (SSSR count). The van der Waals surface area contributed by atoms with E-state index in [-0.39, 0.29) is 26.6 Å². The minimum atomic E-state index is -0.0241. The molecule has 0 bridgehead atoms. The van der Waals surface area contributed by atoms with Crippen molar-refractivity contribution in [3.63, 3.8) is 0 Å². The van der Waals surface area contributed by atoms with Crippen molar-refractivity contribution in [3.05, 3.63) is 19.1 Å². The number of allylic oxidation sites excluding steroid dienone is 1. The van der Waals surface area contributed by atoms with Gasteiger partial charge in [0.25, 0.3) is 0 Å². The number of rotatable bonds is 5. The Hall–Kier alpha value is 0.388. The number of fused-ring (bicyclic) bond motifs is 5. The molecule has 0 saturated heterocycles. The van der Waals surface area contributed by atoms with Gasteiger partial charge in [-0.3, -0.25) is 0 Å². The zero-order chi connectivity index (χ0) is 21.0. The fraction of sp³-hybridized carbons (Fsp3) is 0.893. The molecule has 0 aromatic heterocycles. The molecule has 172 valence electrons. The zero-order valence-corrected chi connectivity index (χ0v) is 22.5. The van der Waals surface area contributed by atoms with Crippen LogP contribution in [-0.4, -0.2) is 5.54 Å². The van der Waals surface area contributed by atoms with Gasteiger partial charge in [-0.1, -0.05) is 39.2 Å². The molecule has 30 heavy (non-hydrogen) atoms. The summed E-state index contributed by atoms with van der Waals surface area (Å²) in [5, 5.41) is 0. The maximum Gasteiger partial charge on any atom is 0.00971 e. The second-order valence-electron chi connectivity index (χ2n) is 12.9. The maximum absolute atomic E-state index is 6.33. The second kappa shape index (κ2) is 8.97. The average Bonchev–Trinajstić information content (AvgIpc) is 3.02. The van der Waals surface area contributed by atoms with Gasteiger partial charge in [-0.2, -0.15) is 12.8 Å². The SMILES string of the molecule is C=C[C@@H]1C[C@@H]2C[CH-]CC[C@]2(C)C2CC[C@@]3(C)C(CC[C@@H]3C(C)CCC(C)(C)N)C21.[Mo]. The first-order valence-electron chi connectivity index (χ1n) is 12.8. The van der Waals surface area contributed by atoms with Crippen molar-refractivity contribution < 1.29 is 21.1 Å². The summed E-state index contributed by atoms with van der Waals surface area (Å²) >= 11 is 0. The molecule has 0 aliphatic heterocycles. The van der Waals surface area contributed by atoms with Crippen molar-refractivity contribution in [2.75, 3.05) is 0 Å². The topological polar surface area (TPSA) is 26.0 Å². The van der Waals surface area contributed by atoms with Crippen molar-refractivity contribution >= 4 is 0 Å². The molecule has 4 aliphatic rings. The van der Waals surface area contributed by atoms with Crippen LogP contribution < -0.4 is 5.73 Å². The van der Waals surface area contributed by atoms with Crippen molar-refractivity contribution in [3.8, 4) is 0 Å². The molecule has 2 N–H and O–H groups in total. The normalized spacial score (nSPS) is 46.7. The fourth-order valence-corrected chi connectivity index (χ4v) is 9.14. The van der Waals surface area contributed by atoms with Gasteiger partial charge in [-0.05, 0) is 105 Å². The first-order chi connectivity index (χ1) is 13.6. The number of hydrogen-bond acceptors (Lipinski definition) is 1. The minimum absolute atomic E-state index is 0. The van der Waals surface area contributed by atoms with Gasteiger partial charge in [-0.15, -0.1) is 6.58 Å². The summed E-state index contributed by atoms with van der Waals surface area (Å²) < 4.78 is 0. The minimum Gasteiger partial charge on any atom is -0.328 e. The summed E-state index contributed by atoms with van der Waals surface area (Å²) in [7, 11) is 0. The van der Waals surface area contributed by atoms with Crippen LogP contribution in [0.1, 0.15) is 98.8 Å². The van der Waals surface area contributed by atoms with Gasteiger partial charge >= 0.3 is 0 Å². The molecule has 0 aromatic carbocycles. The monoisotopic (exact) mass is 496 g/mol. The average molecular weight is 495 g/mol. The van der Waals surface area contributed by atoms with Gasteiger partial charge in [0.1, 0.15) is 0 Å². The van der Waals surface area contributed by atoms with E-state index in [0.29, 0.717) is 10.8 Å². The van der Waals surface area contributed by atoms with Gasteiger partial charge in [-0.25, -0.2) is 0 Å². The molecule has 9 atom stereocenters. The first kappa shape index (κ1) is 25.0. The summed E-state index contributed by atoms with van der Waals surface area (Å²) in [5.74, 6) is 6.13. The molecule has 1 nitrogen and oxygen atoms in total. The van der Waals surface area contributed by atoms with E-state index >= 15 is 0 Å². The number of nitrogens with two attached hydrogens (primary N) is 1. The third kappa shape index (κ3) is 4.18. The van der Waals surface area contributed by atoms with Gasteiger partial charge in [0.05, 0.1) is 0 Å². The Balaban J connectivity index is 0.00000256. The van der Waals surface area contributed by atoms with Crippen LogP contribution in [0.3, 0.4) is 0 Å². The predicted octanol–water partition coefficient (Wildman–Crippen LogP) is 7.41. The summed E-state index contributed by atoms with van der Waals surface area (Å²) in [6.07, 6.45) is 18.8. The molecule has 0 spiro atoms. The number of hydrogen-bond donors (Lipinski definition) is 1. The molecule has 4 aliphatic carbocycles. The van der Waals surface area contributed by atoms with Crippen LogP contribution in [0.2, 0.25) is 0 Å². The molecular weight excluding hydrogens is 446 g/mol. The van der Waals surface area contributed by atoms with E-state index in [2.05, 4.69) is 53.7 Å².